The molecule has 0 aliphatic heterocycles. The Kier molecular flexibility index (Phi) is 5.39. The molecule has 1 rings (SSSR count). The van der Waals surface area contributed by atoms with Gasteiger partial charge in [-0.05, 0) is 13.0 Å². The van der Waals surface area contributed by atoms with Gasteiger partial charge in [0.2, 0.25) is 15.9 Å². The minimum atomic E-state index is -3.91. The van der Waals surface area contributed by atoms with Gasteiger partial charge in [0.1, 0.15) is 16.4 Å². The third-order valence-electron chi connectivity index (χ3n) is 2.67. The van der Waals surface area contributed by atoms with Crippen molar-refractivity contribution in [2.45, 2.75) is 24.3 Å². The molecule has 21 heavy (non-hydrogen) atoms. The molecular weight excluding hydrogens is 298 g/mol. The van der Waals surface area contributed by atoms with E-state index in [1.54, 1.807) is 0 Å². The second-order valence-electron chi connectivity index (χ2n) is 4.44. The summed E-state index contributed by atoms with van der Waals surface area (Å²) in [5, 5.41) is 0. The summed E-state index contributed by atoms with van der Waals surface area (Å²) in [5.74, 6) is -0.220. The lowest BCUT2D eigenvalue weighted by Crippen LogP contribution is -2.35. The quantitative estimate of drug-likeness (QED) is 0.598. The normalized spacial score (nSPS) is 12.7. The van der Waals surface area contributed by atoms with Crippen LogP contribution < -0.4 is 25.7 Å². The van der Waals surface area contributed by atoms with Crippen LogP contribution in [0.3, 0.4) is 0 Å². The molecule has 9 heteroatoms. The maximum Gasteiger partial charge on any atom is 0.244 e. The van der Waals surface area contributed by atoms with Gasteiger partial charge in [-0.1, -0.05) is 0 Å². The summed E-state index contributed by atoms with van der Waals surface area (Å²) in [6.45, 7) is 1.53. The Morgan fingerprint density at radius 1 is 1.29 bits per heavy atom. The zero-order valence-corrected chi connectivity index (χ0v) is 12.9. The third kappa shape index (κ3) is 4.23. The molecule has 0 aliphatic carbocycles. The molecule has 1 aromatic carbocycles. The number of methoxy groups -OCH3 is 2. The van der Waals surface area contributed by atoms with Gasteiger partial charge in [0.05, 0.1) is 19.9 Å². The molecule has 0 radical (unpaired) electrons. The molecule has 1 amide bonds. The molecule has 0 heterocycles. The number of nitrogens with two attached hydrogens (primary N) is 2. The number of anilines is 1. The van der Waals surface area contributed by atoms with E-state index in [4.69, 9.17) is 20.9 Å². The lowest BCUT2D eigenvalue weighted by atomic mass is 10.2. The van der Waals surface area contributed by atoms with Crippen LogP contribution in [0.15, 0.2) is 17.0 Å². The van der Waals surface area contributed by atoms with Gasteiger partial charge in [-0.3, -0.25) is 4.79 Å². The molecule has 0 aliphatic rings. The van der Waals surface area contributed by atoms with Gasteiger partial charge in [0.15, 0.2) is 0 Å². The number of nitrogen functional groups attached to an aromatic ring is 1. The Morgan fingerprint density at radius 2 is 1.86 bits per heavy atom. The minimum Gasteiger partial charge on any atom is -0.495 e. The van der Waals surface area contributed by atoms with Crippen molar-refractivity contribution in [3.63, 3.8) is 0 Å². The van der Waals surface area contributed by atoms with Crippen molar-refractivity contribution >= 4 is 21.6 Å². The highest BCUT2D eigenvalue weighted by molar-refractivity contribution is 7.89. The molecular formula is C12H19N3O5S. The van der Waals surface area contributed by atoms with Crippen LogP contribution in [0.1, 0.15) is 13.3 Å². The number of hydrogen-bond donors (Lipinski definition) is 3. The maximum atomic E-state index is 12.3. The van der Waals surface area contributed by atoms with Crippen LogP contribution in [-0.2, 0) is 14.8 Å². The van der Waals surface area contributed by atoms with Crippen LogP contribution in [0, 0.1) is 0 Å². The van der Waals surface area contributed by atoms with Gasteiger partial charge >= 0.3 is 0 Å². The van der Waals surface area contributed by atoms with Gasteiger partial charge in [0, 0.05) is 18.5 Å². The van der Waals surface area contributed by atoms with Crippen molar-refractivity contribution < 1.29 is 22.7 Å². The molecule has 0 fully saturated rings. The summed E-state index contributed by atoms with van der Waals surface area (Å²) in [4.78, 5) is 10.7. The Morgan fingerprint density at radius 3 is 2.33 bits per heavy atom. The van der Waals surface area contributed by atoms with E-state index < -0.39 is 22.0 Å². The summed E-state index contributed by atoms with van der Waals surface area (Å²) in [6.07, 6.45) is -0.118. The van der Waals surface area contributed by atoms with E-state index in [1.807, 2.05) is 0 Å². The molecule has 1 unspecified atom stereocenters. The number of primary amides is 1. The highest BCUT2D eigenvalue weighted by Crippen LogP contribution is 2.33. The van der Waals surface area contributed by atoms with Crippen molar-refractivity contribution in [3.8, 4) is 11.5 Å². The van der Waals surface area contributed by atoms with E-state index >= 15 is 0 Å². The van der Waals surface area contributed by atoms with Crippen molar-refractivity contribution in [3.05, 3.63) is 12.1 Å². The van der Waals surface area contributed by atoms with E-state index in [2.05, 4.69) is 4.72 Å². The summed E-state index contributed by atoms with van der Waals surface area (Å²) >= 11 is 0. The van der Waals surface area contributed by atoms with Gasteiger partial charge in [-0.25, -0.2) is 13.1 Å². The van der Waals surface area contributed by atoms with E-state index in [1.165, 1.54) is 33.3 Å². The molecule has 0 saturated heterocycles. The molecule has 5 N–H and O–H groups in total. The Balaban J connectivity index is 3.18. The number of nitrogens with one attached hydrogen (secondary N) is 1. The largest absolute Gasteiger partial charge is 0.495 e. The van der Waals surface area contributed by atoms with Crippen molar-refractivity contribution in [2.75, 3.05) is 20.0 Å². The Labute approximate surface area is 123 Å². The average molecular weight is 317 g/mol. The number of hydrogen-bond acceptors (Lipinski definition) is 6. The smallest absolute Gasteiger partial charge is 0.244 e. The Bertz CT molecular complexity index is 630. The summed E-state index contributed by atoms with van der Waals surface area (Å²) in [6, 6.07) is 1.96. The van der Waals surface area contributed by atoms with Gasteiger partial charge in [0.25, 0.3) is 0 Å². The van der Waals surface area contributed by atoms with Crippen molar-refractivity contribution in [2.24, 2.45) is 5.73 Å². The van der Waals surface area contributed by atoms with Crippen molar-refractivity contribution in [1.82, 2.24) is 4.72 Å². The average Bonchev–Trinajstić information content (AvgIpc) is 2.36. The van der Waals surface area contributed by atoms with Crippen molar-refractivity contribution in [1.29, 1.82) is 0 Å². The molecule has 0 spiro atoms. The summed E-state index contributed by atoms with van der Waals surface area (Å²) < 4.78 is 37.0. The first-order valence-electron chi connectivity index (χ1n) is 6.03. The summed E-state index contributed by atoms with van der Waals surface area (Å²) in [5.41, 5.74) is 10.9. The van der Waals surface area contributed by atoms with Crippen LogP contribution >= 0.6 is 0 Å². The lowest BCUT2D eigenvalue weighted by Gasteiger charge is -2.16. The Hall–Kier alpha value is -2.00. The van der Waals surface area contributed by atoms with Gasteiger partial charge < -0.3 is 20.9 Å². The van der Waals surface area contributed by atoms with Crippen LogP contribution in [0.2, 0.25) is 0 Å². The van der Waals surface area contributed by atoms with E-state index in [0.717, 1.165) is 0 Å². The third-order valence-corrected chi connectivity index (χ3v) is 4.28. The lowest BCUT2D eigenvalue weighted by molar-refractivity contribution is -0.118. The van der Waals surface area contributed by atoms with E-state index in [9.17, 15) is 13.2 Å². The predicted octanol–water partition coefficient (Wildman–Crippen LogP) is -0.172. The fourth-order valence-corrected chi connectivity index (χ4v) is 3.20. The fraction of sp³-hybridized carbons (Fsp3) is 0.417. The number of benzene rings is 1. The number of sulfonamides is 1. The molecule has 0 saturated carbocycles. The van der Waals surface area contributed by atoms with E-state index in [-0.39, 0.29) is 22.8 Å². The minimum absolute atomic E-state index is 0.0832. The monoisotopic (exact) mass is 317 g/mol. The highest BCUT2D eigenvalue weighted by Gasteiger charge is 2.24. The number of ether oxygens (including phenoxy) is 2. The SMILES string of the molecule is COc1cc(OC)c(S(=O)(=O)NC(C)CC(N)=O)cc1N. The molecule has 0 bridgehead atoms. The molecule has 118 valence electrons. The van der Waals surface area contributed by atoms with Crippen LogP contribution in [0.25, 0.3) is 0 Å². The molecule has 1 aromatic rings. The number of amides is 1. The first kappa shape index (κ1) is 17.1. The van der Waals surface area contributed by atoms with Crippen LogP contribution in [-0.4, -0.2) is 34.6 Å². The first-order valence-corrected chi connectivity index (χ1v) is 7.51. The van der Waals surface area contributed by atoms with Crippen LogP contribution in [0.5, 0.6) is 11.5 Å². The second kappa shape index (κ2) is 6.64. The first-order chi connectivity index (χ1) is 9.71. The zero-order valence-electron chi connectivity index (χ0n) is 12.0. The zero-order chi connectivity index (χ0) is 16.2. The maximum absolute atomic E-state index is 12.3. The number of rotatable bonds is 7. The predicted molar refractivity (Wildman–Crippen MR) is 77.6 cm³/mol. The number of carbonyl (C=O) groups excluding carboxylic acids is 1. The van der Waals surface area contributed by atoms with Gasteiger partial charge in [-0.2, -0.15) is 0 Å². The standard InChI is InChI=1S/C12H19N3O5S/c1-7(4-12(14)16)15-21(17,18)11-5-8(13)9(19-2)6-10(11)20-3/h5-7,15H,4,13H2,1-3H3,(H2,14,16). The topological polar surface area (TPSA) is 134 Å². The summed E-state index contributed by atoms with van der Waals surface area (Å²) in [7, 11) is -1.17. The van der Waals surface area contributed by atoms with Gasteiger partial charge in [-0.15, -0.1) is 0 Å². The fourth-order valence-electron chi connectivity index (χ4n) is 1.78. The molecule has 0 aromatic heterocycles. The van der Waals surface area contributed by atoms with E-state index in [0.29, 0.717) is 5.75 Å². The molecule has 8 nitrogen and oxygen atoms in total. The number of carbonyl (C=O) groups is 1. The highest BCUT2D eigenvalue weighted by atomic mass is 32.2. The second-order valence-corrected chi connectivity index (χ2v) is 6.12. The van der Waals surface area contributed by atoms with Crippen LogP contribution in [0.4, 0.5) is 5.69 Å². The molecule has 1 atom stereocenters.